The van der Waals surface area contributed by atoms with E-state index in [1.165, 1.54) is 57.9 Å². The molecule has 1 N–H and O–H groups in total. The van der Waals surface area contributed by atoms with Crippen molar-refractivity contribution in [3.63, 3.8) is 0 Å². The minimum absolute atomic E-state index is 0.829. The van der Waals surface area contributed by atoms with E-state index in [0.29, 0.717) is 0 Å². The van der Waals surface area contributed by atoms with E-state index in [1.54, 1.807) is 0 Å². The molecule has 1 aliphatic carbocycles. The Kier molecular flexibility index (Phi) is 7.11. The van der Waals surface area contributed by atoms with Crippen molar-refractivity contribution in [3.8, 4) is 0 Å². The van der Waals surface area contributed by atoms with Crippen LogP contribution < -0.4 is 5.32 Å². The maximum absolute atomic E-state index is 3.73. The predicted octanol–water partition coefficient (Wildman–Crippen LogP) is 4.37. The van der Waals surface area contributed by atoms with Crippen LogP contribution in [0.15, 0.2) is 0 Å². The predicted molar refractivity (Wildman–Crippen MR) is 72.7 cm³/mol. The van der Waals surface area contributed by atoms with E-state index in [4.69, 9.17) is 0 Å². The molecule has 1 fully saturated rings. The first kappa shape index (κ1) is 14.0. The fraction of sp³-hybridized carbons (Fsp3) is 1.00. The summed E-state index contributed by atoms with van der Waals surface area (Å²) in [6.45, 7) is 8.29. The zero-order valence-corrected chi connectivity index (χ0v) is 11.6. The molecule has 0 amide bonds. The Bertz CT molecular complexity index is 165. The third kappa shape index (κ3) is 5.89. The van der Waals surface area contributed by atoms with Crippen molar-refractivity contribution < 1.29 is 0 Å². The van der Waals surface area contributed by atoms with E-state index in [1.807, 2.05) is 0 Å². The standard InChI is InChI=1S/C15H31N/c1-13(2)9-6-4-5-7-12-16-15-11-8-10-14(15)3/h13-16H,4-12H2,1-3H3. The Labute approximate surface area is 102 Å². The molecule has 96 valence electrons. The van der Waals surface area contributed by atoms with Gasteiger partial charge in [0.15, 0.2) is 0 Å². The highest BCUT2D eigenvalue weighted by Crippen LogP contribution is 2.24. The molecule has 0 radical (unpaired) electrons. The van der Waals surface area contributed by atoms with Crippen molar-refractivity contribution in [2.24, 2.45) is 11.8 Å². The molecule has 0 bridgehead atoms. The summed E-state index contributed by atoms with van der Waals surface area (Å²) in [6.07, 6.45) is 11.3. The van der Waals surface area contributed by atoms with E-state index >= 15 is 0 Å². The minimum Gasteiger partial charge on any atom is -0.314 e. The zero-order chi connectivity index (χ0) is 11.8. The first-order valence-corrected chi connectivity index (χ1v) is 7.43. The maximum Gasteiger partial charge on any atom is 0.00926 e. The van der Waals surface area contributed by atoms with Crippen LogP contribution in [0.3, 0.4) is 0 Å². The Morgan fingerprint density at radius 3 is 2.44 bits per heavy atom. The topological polar surface area (TPSA) is 12.0 Å². The van der Waals surface area contributed by atoms with Crippen molar-refractivity contribution in [2.75, 3.05) is 6.54 Å². The third-order valence-corrected chi connectivity index (χ3v) is 3.98. The summed E-state index contributed by atoms with van der Waals surface area (Å²) < 4.78 is 0. The molecule has 0 saturated heterocycles. The number of hydrogen-bond acceptors (Lipinski definition) is 1. The molecular formula is C15H31N. The van der Waals surface area contributed by atoms with Crippen LogP contribution in [-0.2, 0) is 0 Å². The zero-order valence-electron chi connectivity index (χ0n) is 11.6. The third-order valence-electron chi connectivity index (χ3n) is 3.98. The molecule has 1 heteroatoms. The summed E-state index contributed by atoms with van der Waals surface area (Å²) in [6, 6.07) is 0.829. The van der Waals surface area contributed by atoms with Crippen molar-refractivity contribution in [3.05, 3.63) is 0 Å². The molecule has 0 spiro atoms. The number of nitrogens with one attached hydrogen (secondary N) is 1. The van der Waals surface area contributed by atoms with Gasteiger partial charge in [-0.1, -0.05) is 52.9 Å². The van der Waals surface area contributed by atoms with Gasteiger partial charge in [0.25, 0.3) is 0 Å². The fourth-order valence-corrected chi connectivity index (χ4v) is 2.77. The number of rotatable bonds is 8. The van der Waals surface area contributed by atoms with Crippen LogP contribution in [0.25, 0.3) is 0 Å². The maximum atomic E-state index is 3.73. The first-order chi connectivity index (χ1) is 7.70. The average Bonchev–Trinajstić information content (AvgIpc) is 2.62. The molecule has 1 nitrogen and oxygen atoms in total. The summed E-state index contributed by atoms with van der Waals surface area (Å²) in [5.41, 5.74) is 0. The van der Waals surface area contributed by atoms with E-state index < -0.39 is 0 Å². The molecule has 0 aromatic carbocycles. The summed E-state index contributed by atoms with van der Waals surface area (Å²) >= 11 is 0. The number of hydrogen-bond donors (Lipinski definition) is 1. The second kappa shape index (κ2) is 8.11. The molecule has 1 saturated carbocycles. The fourth-order valence-electron chi connectivity index (χ4n) is 2.77. The monoisotopic (exact) mass is 225 g/mol. The van der Waals surface area contributed by atoms with Gasteiger partial charge in [-0.25, -0.2) is 0 Å². The van der Waals surface area contributed by atoms with Crippen molar-refractivity contribution >= 4 is 0 Å². The van der Waals surface area contributed by atoms with Crippen LogP contribution in [0.5, 0.6) is 0 Å². The summed E-state index contributed by atoms with van der Waals surface area (Å²) in [4.78, 5) is 0. The van der Waals surface area contributed by atoms with Crippen LogP contribution >= 0.6 is 0 Å². The smallest absolute Gasteiger partial charge is 0.00926 e. The highest BCUT2D eigenvalue weighted by atomic mass is 14.9. The molecule has 1 aliphatic rings. The van der Waals surface area contributed by atoms with Gasteiger partial charge in [0.05, 0.1) is 0 Å². The second-order valence-electron chi connectivity index (χ2n) is 6.07. The van der Waals surface area contributed by atoms with Crippen molar-refractivity contribution in [2.45, 2.75) is 78.2 Å². The van der Waals surface area contributed by atoms with E-state index in [-0.39, 0.29) is 0 Å². The molecule has 0 aromatic heterocycles. The van der Waals surface area contributed by atoms with Gasteiger partial charge in [0.2, 0.25) is 0 Å². The molecule has 16 heavy (non-hydrogen) atoms. The molecule has 0 heterocycles. The quantitative estimate of drug-likeness (QED) is 0.605. The summed E-state index contributed by atoms with van der Waals surface area (Å²) in [5.74, 6) is 1.80. The van der Waals surface area contributed by atoms with Crippen LogP contribution in [-0.4, -0.2) is 12.6 Å². The van der Waals surface area contributed by atoms with E-state index in [0.717, 1.165) is 17.9 Å². The van der Waals surface area contributed by atoms with E-state index in [2.05, 4.69) is 26.1 Å². The van der Waals surface area contributed by atoms with Gasteiger partial charge in [0.1, 0.15) is 0 Å². The lowest BCUT2D eigenvalue weighted by Gasteiger charge is -2.17. The van der Waals surface area contributed by atoms with Crippen LogP contribution in [0.1, 0.15) is 72.1 Å². The molecule has 0 aromatic rings. The summed E-state index contributed by atoms with van der Waals surface area (Å²) in [7, 11) is 0. The Hall–Kier alpha value is -0.0400. The van der Waals surface area contributed by atoms with Gasteiger partial charge in [-0.2, -0.15) is 0 Å². The normalized spacial score (nSPS) is 25.5. The van der Waals surface area contributed by atoms with Crippen molar-refractivity contribution in [1.29, 1.82) is 0 Å². The Morgan fingerprint density at radius 2 is 1.81 bits per heavy atom. The highest BCUT2D eigenvalue weighted by Gasteiger charge is 2.21. The Balaban J connectivity index is 1.84. The summed E-state index contributed by atoms with van der Waals surface area (Å²) in [5, 5.41) is 3.73. The highest BCUT2D eigenvalue weighted by molar-refractivity contribution is 4.79. The lowest BCUT2D eigenvalue weighted by atomic mass is 10.0. The SMILES string of the molecule is CC(C)CCCCCCNC1CCCC1C. The van der Waals surface area contributed by atoms with Crippen molar-refractivity contribution in [1.82, 2.24) is 5.32 Å². The van der Waals surface area contributed by atoms with Gasteiger partial charge >= 0.3 is 0 Å². The van der Waals surface area contributed by atoms with Gasteiger partial charge < -0.3 is 5.32 Å². The second-order valence-corrected chi connectivity index (χ2v) is 6.07. The minimum atomic E-state index is 0.829. The molecular weight excluding hydrogens is 194 g/mol. The van der Waals surface area contributed by atoms with Gasteiger partial charge in [-0.05, 0) is 37.6 Å². The molecule has 2 atom stereocenters. The van der Waals surface area contributed by atoms with Crippen LogP contribution in [0.4, 0.5) is 0 Å². The molecule has 2 unspecified atom stereocenters. The van der Waals surface area contributed by atoms with E-state index in [9.17, 15) is 0 Å². The molecule has 1 rings (SSSR count). The van der Waals surface area contributed by atoms with Gasteiger partial charge in [-0.3, -0.25) is 0 Å². The van der Waals surface area contributed by atoms with Gasteiger partial charge in [0, 0.05) is 6.04 Å². The lowest BCUT2D eigenvalue weighted by molar-refractivity contribution is 0.417. The molecule has 0 aliphatic heterocycles. The number of unbranched alkanes of at least 4 members (excludes halogenated alkanes) is 3. The average molecular weight is 225 g/mol. The first-order valence-electron chi connectivity index (χ1n) is 7.43. The van der Waals surface area contributed by atoms with Gasteiger partial charge in [-0.15, -0.1) is 0 Å². The lowest BCUT2D eigenvalue weighted by Crippen LogP contribution is -2.31. The van der Waals surface area contributed by atoms with Crippen LogP contribution in [0, 0.1) is 11.8 Å². The Morgan fingerprint density at radius 1 is 1.06 bits per heavy atom. The van der Waals surface area contributed by atoms with Crippen LogP contribution in [0.2, 0.25) is 0 Å². The largest absolute Gasteiger partial charge is 0.314 e.